The highest BCUT2D eigenvalue weighted by molar-refractivity contribution is 6.25. The average Bonchev–Trinajstić information content (AvgIpc) is 3.24. The van der Waals surface area contributed by atoms with Gasteiger partial charge in [0.25, 0.3) is 5.70 Å². The maximum Gasteiger partial charge on any atom is 0.270 e. The van der Waals surface area contributed by atoms with Gasteiger partial charge in [-0.3, -0.25) is 0 Å². The molecule has 0 unspecified atom stereocenters. The second-order valence-electron chi connectivity index (χ2n) is 15.1. The van der Waals surface area contributed by atoms with Crippen LogP contribution in [0.25, 0.3) is 37.5 Å². The molecule has 0 radical (unpaired) electrons. The van der Waals surface area contributed by atoms with Crippen LogP contribution in [0.5, 0.6) is 0 Å². The number of anilines is 1. The third-order valence-electron chi connectivity index (χ3n) is 11.5. The number of benzene rings is 5. The van der Waals surface area contributed by atoms with Gasteiger partial charge in [-0.2, -0.15) is 0 Å². The van der Waals surface area contributed by atoms with Crippen LogP contribution in [0, 0.1) is 17.9 Å². The van der Waals surface area contributed by atoms with Crippen LogP contribution < -0.4 is 4.90 Å². The van der Waals surface area contributed by atoms with Gasteiger partial charge >= 0.3 is 0 Å². The molecule has 1 N–H and O–H groups in total. The Bertz CT molecular complexity index is 2370. The lowest BCUT2D eigenvalue weighted by Gasteiger charge is -2.35. The molecule has 0 fully saturated rings. The zero-order chi connectivity index (χ0) is 39.2. The molecule has 0 spiro atoms. The molecule has 5 nitrogen and oxygen atoms in total. The van der Waals surface area contributed by atoms with E-state index in [1.165, 1.54) is 11.4 Å². The summed E-state index contributed by atoms with van der Waals surface area (Å²) in [6.07, 6.45) is 8.81. The second-order valence-corrected chi connectivity index (χ2v) is 15.1. The van der Waals surface area contributed by atoms with E-state index in [1.54, 1.807) is 0 Å². The summed E-state index contributed by atoms with van der Waals surface area (Å²) in [6.45, 7) is 21.1. The van der Waals surface area contributed by atoms with Gasteiger partial charge in [0.2, 0.25) is 5.71 Å². The molecule has 0 bridgehead atoms. The number of nitrogens with zero attached hydrogens (tertiary/aromatic N) is 4. The molecule has 56 heavy (non-hydrogen) atoms. The number of hydrogen-bond acceptors (Lipinski definition) is 3. The summed E-state index contributed by atoms with van der Waals surface area (Å²) in [5.41, 5.74) is 10.1. The summed E-state index contributed by atoms with van der Waals surface area (Å²) >= 11 is 0. The maximum atomic E-state index is 12.7. The molecule has 0 amide bonds. The summed E-state index contributed by atoms with van der Waals surface area (Å²) in [4.78, 5) is 6.40. The molecule has 0 aromatic heterocycles. The van der Waals surface area contributed by atoms with Gasteiger partial charge in [0.15, 0.2) is 0 Å². The molecule has 5 heteroatoms. The van der Waals surface area contributed by atoms with E-state index in [1.807, 2.05) is 0 Å². The number of fused-ring (bicyclic) bond motifs is 4. The summed E-state index contributed by atoms with van der Waals surface area (Å²) in [6, 6.07) is 36.2. The monoisotopic (exact) mass is 737 g/mol. The predicted molar refractivity (Wildman–Crippen MR) is 234 cm³/mol. The molecule has 5 aromatic carbocycles. The molecule has 5 aromatic rings. The van der Waals surface area contributed by atoms with Gasteiger partial charge in [-0.15, -0.1) is 0 Å². The van der Waals surface area contributed by atoms with Crippen molar-refractivity contribution in [3.8, 4) is 6.07 Å². The fourth-order valence-corrected chi connectivity index (χ4v) is 8.78. The number of aliphatic hydroxyl groups is 1. The average molecular weight is 738 g/mol. The molecule has 282 valence electrons. The molecule has 0 atom stereocenters. The van der Waals surface area contributed by atoms with Crippen molar-refractivity contribution in [2.75, 3.05) is 31.1 Å². The molecule has 0 heterocycles. The first kappa shape index (κ1) is 38.4. The molecular weight excluding hydrogens is 685 g/mol. The summed E-state index contributed by atoms with van der Waals surface area (Å²) in [5.74, 6) is 0.130. The van der Waals surface area contributed by atoms with E-state index in [9.17, 15) is 10.4 Å². The van der Waals surface area contributed by atoms with Crippen LogP contribution in [0.15, 0.2) is 120 Å². The Balaban J connectivity index is 1.57. The zero-order valence-corrected chi connectivity index (χ0v) is 33.5. The van der Waals surface area contributed by atoms with Gasteiger partial charge in [0.1, 0.15) is 18.8 Å². The number of hydrogen-bond donors (Lipinski definition) is 1. The summed E-state index contributed by atoms with van der Waals surface area (Å²) in [5, 5.41) is 27.6. The van der Waals surface area contributed by atoms with Crippen LogP contribution in [0.1, 0.15) is 107 Å². The quantitative estimate of drug-likeness (QED) is 0.0524. The van der Waals surface area contributed by atoms with Crippen molar-refractivity contribution in [2.45, 2.75) is 79.1 Å². The Morgan fingerprint density at radius 3 is 1.52 bits per heavy atom. The Labute approximate surface area is 333 Å². The highest BCUT2D eigenvalue weighted by Gasteiger charge is 2.42. The highest BCUT2D eigenvalue weighted by Crippen LogP contribution is 2.56. The Hall–Kier alpha value is -5.91. The van der Waals surface area contributed by atoms with Crippen LogP contribution in [0.3, 0.4) is 0 Å². The minimum absolute atomic E-state index is 0.0117. The van der Waals surface area contributed by atoms with E-state index in [0.29, 0.717) is 16.7 Å². The van der Waals surface area contributed by atoms with Crippen molar-refractivity contribution < 1.29 is 9.68 Å². The van der Waals surface area contributed by atoms with Crippen LogP contribution >= 0.6 is 0 Å². The lowest BCUT2D eigenvalue weighted by atomic mass is 9.69. The Morgan fingerprint density at radius 1 is 0.625 bits per heavy atom. The largest absolute Gasteiger partial charge is 0.507 e. The van der Waals surface area contributed by atoms with Crippen LogP contribution in [0.4, 0.5) is 5.69 Å². The van der Waals surface area contributed by atoms with Crippen LogP contribution in [-0.2, 0) is 0 Å². The third-order valence-corrected chi connectivity index (χ3v) is 11.5. The van der Waals surface area contributed by atoms with Gasteiger partial charge in [-0.1, -0.05) is 138 Å². The van der Waals surface area contributed by atoms with Crippen molar-refractivity contribution in [1.82, 2.24) is 0 Å². The first-order valence-electron chi connectivity index (χ1n) is 20.7. The zero-order valence-electron chi connectivity index (χ0n) is 33.5. The molecule has 0 aliphatic heterocycles. The SMILES string of the molecule is [C-]#[N+]C(C#N)=C1C(=C2c3ccccc3C(=[N+](CCCC)CCCC)c3ccccc32)C(O)=C1c1c2ccccc2c(N(CCCC)CCCC)c2ccccc12. The van der Waals surface area contributed by atoms with Crippen molar-refractivity contribution in [3.63, 3.8) is 0 Å². The van der Waals surface area contributed by atoms with Gasteiger partial charge in [0.05, 0.1) is 29.5 Å². The van der Waals surface area contributed by atoms with Gasteiger partial charge in [-0.05, 0) is 46.9 Å². The van der Waals surface area contributed by atoms with E-state index in [4.69, 9.17) is 6.57 Å². The van der Waals surface area contributed by atoms with E-state index >= 15 is 0 Å². The Morgan fingerprint density at radius 2 is 1.07 bits per heavy atom. The lowest BCUT2D eigenvalue weighted by Crippen LogP contribution is -2.30. The third kappa shape index (κ3) is 6.71. The fourth-order valence-electron chi connectivity index (χ4n) is 8.78. The summed E-state index contributed by atoms with van der Waals surface area (Å²) in [7, 11) is 0. The number of unbranched alkanes of at least 4 members (excludes halogenated alkanes) is 4. The minimum atomic E-state index is -0.0117. The highest BCUT2D eigenvalue weighted by atomic mass is 16.3. The van der Waals surface area contributed by atoms with E-state index in [2.05, 4.69) is 145 Å². The summed E-state index contributed by atoms with van der Waals surface area (Å²) < 4.78 is 2.55. The minimum Gasteiger partial charge on any atom is -0.507 e. The van der Waals surface area contributed by atoms with Gasteiger partial charge in [-0.25, -0.2) is 14.7 Å². The smallest absolute Gasteiger partial charge is 0.270 e. The maximum absolute atomic E-state index is 12.7. The molecule has 0 saturated heterocycles. The normalized spacial score (nSPS) is 14.3. The first-order valence-corrected chi connectivity index (χ1v) is 20.7. The Kier molecular flexibility index (Phi) is 11.8. The van der Waals surface area contributed by atoms with Crippen LogP contribution in [-0.4, -0.2) is 41.6 Å². The lowest BCUT2D eigenvalue weighted by molar-refractivity contribution is -0.528. The van der Waals surface area contributed by atoms with Crippen molar-refractivity contribution in [2.24, 2.45) is 0 Å². The standard InChI is InChI=1S/C51H52N4O/c1-6-10-30-54(31-11-7-2)49-39-26-18-14-22-35(39)44(36-23-15-19-27-40(36)49)47-46(43(34-52)53-5)48(51(47)56)45-37-24-16-20-28-41(37)50(42-29-21-17-25-38(42)45)55(32-12-8-3)33-13-9-4/h14-29H,6-13,30-33H2,1-4H3/p+1. The fraction of sp³-hybridized carbons (Fsp3) is 0.314. The topological polar surface area (TPSA) is 54.6 Å². The van der Waals surface area contributed by atoms with E-state index in [0.717, 1.165) is 132 Å². The molecule has 0 saturated carbocycles. The molecule has 2 aliphatic carbocycles. The molecule has 7 rings (SSSR count). The van der Waals surface area contributed by atoms with E-state index in [-0.39, 0.29) is 11.5 Å². The van der Waals surface area contributed by atoms with Crippen molar-refractivity contribution in [1.29, 1.82) is 5.26 Å². The van der Waals surface area contributed by atoms with Gasteiger partial charge < -0.3 is 10.0 Å². The molecular formula is C51H53N4O+. The second kappa shape index (κ2) is 17.3. The molecule has 2 aliphatic rings. The number of rotatable bonds is 14. The first-order chi connectivity index (χ1) is 27.5. The van der Waals surface area contributed by atoms with Crippen molar-refractivity contribution in [3.05, 3.63) is 159 Å². The predicted octanol–water partition coefficient (Wildman–Crippen LogP) is 12.6. The number of aliphatic hydroxyl groups excluding tert-OH is 1. The van der Waals surface area contributed by atoms with E-state index < -0.39 is 0 Å². The van der Waals surface area contributed by atoms with Gasteiger partial charge in [0, 0.05) is 64.6 Å². The number of allylic oxidation sites excluding steroid dienone is 3. The van der Waals surface area contributed by atoms with Crippen LogP contribution in [0.2, 0.25) is 0 Å². The van der Waals surface area contributed by atoms with Crippen molar-refractivity contribution >= 4 is 44.1 Å². The number of nitriles is 1.